The summed E-state index contributed by atoms with van der Waals surface area (Å²) in [6.07, 6.45) is 8.90. The normalized spacial score (nSPS) is 18.8. The predicted octanol–water partition coefficient (Wildman–Crippen LogP) is 9.24. The third-order valence-corrected chi connectivity index (χ3v) is 17.6. The van der Waals surface area contributed by atoms with Crippen LogP contribution in [0.1, 0.15) is 99.6 Å². The van der Waals surface area contributed by atoms with E-state index in [1.807, 2.05) is 116 Å². The molecule has 2 unspecified atom stereocenters. The number of amides is 2. The van der Waals surface area contributed by atoms with Crippen LogP contribution in [0.15, 0.2) is 109 Å². The molecular formula is C64H80F2N8O6. The van der Waals surface area contributed by atoms with Crippen LogP contribution in [0.3, 0.4) is 0 Å². The summed E-state index contributed by atoms with van der Waals surface area (Å²) < 4.78 is 47.5. The molecule has 4 aliphatic heterocycles. The van der Waals surface area contributed by atoms with Crippen molar-refractivity contribution >= 4 is 45.6 Å². The Balaban J connectivity index is 0.850. The molecule has 4 saturated heterocycles. The second-order valence-electron chi connectivity index (χ2n) is 22.8. The Morgan fingerprint density at radius 2 is 0.875 bits per heavy atom. The van der Waals surface area contributed by atoms with Crippen molar-refractivity contribution in [3.8, 4) is 11.5 Å². The zero-order chi connectivity index (χ0) is 55.5. The molecule has 10 rings (SSSR count). The third-order valence-electron chi connectivity index (χ3n) is 17.6. The first-order valence-corrected chi connectivity index (χ1v) is 29.5. The number of carbonyl (C=O) groups excluding carboxylic acids is 4. The van der Waals surface area contributed by atoms with Crippen molar-refractivity contribution in [2.24, 2.45) is 11.8 Å². The molecule has 0 spiro atoms. The Morgan fingerprint density at radius 1 is 0.500 bits per heavy atom. The fourth-order valence-electron chi connectivity index (χ4n) is 12.6. The van der Waals surface area contributed by atoms with Gasteiger partial charge in [0.05, 0.1) is 23.9 Å². The number of nitrogens with one attached hydrogen (secondary N) is 2. The summed E-state index contributed by atoms with van der Waals surface area (Å²) in [7, 11) is 0. The number of halogens is 2. The van der Waals surface area contributed by atoms with Crippen LogP contribution in [-0.4, -0.2) is 144 Å². The number of esters is 2. The minimum atomic E-state index is -1.21. The van der Waals surface area contributed by atoms with E-state index >= 15 is 8.78 Å². The number of hydrogen-bond acceptors (Lipinski definition) is 10. The summed E-state index contributed by atoms with van der Waals surface area (Å²) in [5, 5.41) is 7.52. The summed E-state index contributed by atoms with van der Waals surface area (Å²) >= 11 is 0. The Labute approximate surface area is 469 Å². The van der Waals surface area contributed by atoms with Gasteiger partial charge in [-0.1, -0.05) is 86.6 Å². The number of piperidine rings is 4. The number of likely N-dealkylation sites (tertiary alicyclic amines) is 4. The average Bonchev–Trinajstić information content (AvgIpc) is 4.08. The van der Waals surface area contributed by atoms with Crippen molar-refractivity contribution in [3.05, 3.63) is 132 Å². The van der Waals surface area contributed by atoms with E-state index in [-0.39, 0.29) is 48.2 Å². The van der Waals surface area contributed by atoms with Gasteiger partial charge in [-0.05, 0) is 149 Å². The minimum Gasteiger partial charge on any atom is -0.416 e. The van der Waals surface area contributed by atoms with Crippen LogP contribution in [0.5, 0.6) is 11.5 Å². The molecule has 0 aliphatic carbocycles. The maximum atomic E-state index is 15.7. The van der Waals surface area contributed by atoms with Crippen LogP contribution in [0.2, 0.25) is 0 Å². The Morgan fingerprint density at radius 3 is 1.24 bits per heavy atom. The van der Waals surface area contributed by atoms with Crippen LogP contribution >= 0.6 is 0 Å². The van der Waals surface area contributed by atoms with Gasteiger partial charge in [0.15, 0.2) is 24.1 Å². The van der Waals surface area contributed by atoms with E-state index in [4.69, 9.17) is 9.47 Å². The molecule has 14 nitrogen and oxygen atoms in total. The van der Waals surface area contributed by atoms with Gasteiger partial charge in [0.2, 0.25) is 11.8 Å². The van der Waals surface area contributed by atoms with E-state index in [1.54, 1.807) is 12.4 Å². The molecule has 4 aliphatic rings. The monoisotopic (exact) mass is 1090 g/mol. The maximum absolute atomic E-state index is 15.7. The van der Waals surface area contributed by atoms with Gasteiger partial charge in [0.25, 0.3) is 0 Å². The summed E-state index contributed by atoms with van der Waals surface area (Å²) in [6.45, 7) is 13.9. The number of hydrogen-bond donors (Lipinski definition) is 2. The first kappa shape index (κ1) is 56.8. The molecule has 16 heteroatoms. The van der Waals surface area contributed by atoms with E-state index in [2.05, 4.69) is 34.3 Å². The van der Waals surface area contributed by atoms with Gasteiger partial charge >= 0.3 is 11.9 Å². The van der Waals surface area contributed by atoms with E-state index in [0.29, 0.717) is 100 Å². The van der Waals surface area contributed by atoms with E-state index in [9.17, 15) is 19.2 Å². The summed E-state index contributed by atoms with van der Waals surface area (Å²) in [4.78, 5) is 63.4. The fraction of sp³-hybridized carbons (Fsp3) is 0.500. The fourth-order valence-corrected chi connectivity index (χ4v) is 12.6. The SMILES string of the molecule is CCN1CCC(CNC(=O)Cc2ccc3c(OC(=O)C(=O)Oc4cn(C5CCN(C(F)Cc6ccccc6)CC5)c5cc(CC(=O)NCC6CCN(CC)CC6)ccc45)cn(C4CCN(C(F)Cc5ccccc5)CC4)c3c2)CC1. The lowest BCUT2D eigenvalue weighted by Gasteiger charge is -2.35. The predicted molar refractivity (Wildman–Crippen MR) is 308 cm³/mol. The molecule has 2 atom stereocenters. The zero-order valence-electron chi connectivity index (χ0n) is 46.7. The van der Waals surface area contributed by atoms with Crippen LogP contribution in [0.4, 0.5) is 8.78 Å². The second kappa shape index (κ2) is 26.9. The summed E-state index contributed by atoms with van der Waals surface area (Å²) in [6, 6.07) is 30.4. The van der Waals surface area contributed by atoms with E-state index < -0.39 is 24.5 Å². The highest BCUT2D eigenvalue weighted by atomic mass is 19.1. The van der Waals surface area contributed by atoms with Crippen molar-refractivity contribution in [1.29, 1.82) is 0 Å². The van der Waals surface area contributed by atoms with Gasteiger partial charge in [-0.2, -0.15) is 0 Å². The molecule has 426 valence electrons. The highest BCUT2D eigenvalue weighted by Gasteiger charge is 2.32. The summed E-state index contributed by atoms with van der Waals surface area (Å²) in [5.41, 5.74) is 4.95. The number of benzene rings is 4. The Hall–Kier alpha value is -6.46. The van der Waals surface area contributed by atoms with Crippen LogP contribution in [0.25, 0.3) is 21.8 Å². The molecule has 6 heterocycles. The van der Waals surface area contributed by atoms with Crippen LogP contribution in [0, 0.1) is 11.8 Å². The molecule has 2 aromatic heterocycles. The largest absolute Gasteiger partial charge is 0.423 e. The van der Waals surface area contributed by atoms with Crippen molar-refractivity contribution in [1.82, 2.24) is 39.4 Å². The lowest BCUT2D eigenvalue weighted by atomic mass is 9.96. The Bertz CT molecular complexity index is 2820. The van der Waals surface area contributed by atoms with Gasteiger partial charge < -0.3 is 39.0 Å². The molecule has 0 saturated carbocycles. The van der Waals surface area contributed by atoms with Crippen molar-refractivity contribution in [3.63, 3.8) is 0 Å². The molecular weight excluding hydrogens is 1010 g/mol. The molecule has 2 amide bonds. The van der Waals surface area contributed by atoms with Crippen LogP contribution < -0.4 is 20.1 Å². The number of fused-ring (bicyclic) bond motifs is 2. The molecule has 80 heavy (non-hydrogen) atoms. The van der Waals surface area contributed by atoms with Gasteiger partial charge in [0, 0.05) is 87.4 Å². The lowest BCUT2D eigenvalue weighted by molar-refractivity contribution is -0.156. The summed E-state index contributed by atoms with van der Waals surface area (Å²) in [5.74, 6) is -1.31. The van der Waals surface area contributed by atoms with Crippen LogP contribution in [-0.2, 0) is 44.9 Å². The number of carbonyl (C=O) groups is 4. The number of rotatable bonds is 20. The van der Waals surface area contributed by atoms with Crippen molar-refractivity contribution < 1.29 is 37.4 Å². The average molecular weight is 1100 g/mol. The first-order chi connectivity index (χ1) is 39.0. The number of ether oxygens (including phenoxy) is 2. The smallest absolute Gasteiger partial charge is 0.416 e. The van der Waals surface area contributed by atoms with Gasteiger partial charge in [0.1, 0.15) is 0 Å². The van der Waals surface area contributed by atoms with Crippen molar-refractivity contribution in [2.45, 2.75) is 116 Å². The standard InChI is InChI=1S/C64H80F2N8O6/c1-3-69-27-19-47(20-28-69)41-67-61(75)39-49-15-17-53-55(35-49)73(51-23-31-71(32-24-51)59(65)37-45-11-7-5-8-12-45)43-57(53)79-63(77)64(78)80-58-44-74(52-25-33-72(34-26-52)60(66)38-46-13-9-6-10-14-46)56-36-50(16-18-54(56)58)40-62(76)68-42-48-21-29-70(4-2)30-22-48/h5-18,35-36,43-44,47-48,51-52,59-60H,3-4,19-34,37-42H2,1-2H3,(H,67,75)(H,68,76). The topological polar surface area (TPSA) is 134 Å². The maximum Gasteiger partial charge on any atom is 0.423 e. The second-order valence-corrected chi connectivity index (χ2v) is 22.8. The molecule has 4 aromatic carbocycles. The first-order valence-electron chi connectivity index (χ1n) is 29.5. The highest BCUT2D eigenvalue weighted by molar-refractivity contribution is 6.31. The molecule has 0 bridgehead atoms. The zero-order valence-corrected chi connectivity index (χ0v) is 46.7. The highest BCUT2D eigenvalue weighted by Crippen LogP contribution is 2.38. The molecule has 2 N–H and O–H groups in total. The van der Waals surface area contributed by atoms with Gasteiger partial charge in [-0.25, -0.2) is 18.4 Å². The van der Waals surface area contributed by atoms with Gasteiger partial charge in [-0.15, -0.1) is 0 Å². The Kier molecular flexibility index (Phi) is 19.1. The van der Waals surface area contributed by atoms with E-state index in [1.165, 1.54) is 0 Å². The third kappa shape index (κ3) is 14.3. The molecule has 6 aromatic rings. The lowest BCUT2D eigenvalue weighted by Crippen LogP contribution is -2.40. The number of nitrogens with zero attached hydrogens (tertiary/aromatic N) is 6. The minimum absolute atomic E-state index is 0.0649. The van der Waals surface area contributed by atoms with Crippen molar-refractivity contribution in [2.75, 3.05) is 78.5 Å². The molecule has 4 fully saturated rings. The van der Waals surface area contributed by atoms with Gasteiger partial charge in [-0.3, -0.25) is 19.4 Å². The molecule has 0 radical (unpaired) electrons. The number of aromatic nitrogens is 2. The van der Waals surface area contributed by atoms with E-state index in [0.717, 1.165) is 98.2 Å². The number of alkyl halides is 2. The quantitative estimate of drug-likeness (QED) is 0.0433.